The van der Waals surface area contributed by atoms with Gasteiger partial charge in [0.05, 0.1) is 31.0 Å². The fourth-order valence-electron chi connectivity index (χ4n) is 4.37. The predicted octanol–water partition coefficient (Wildman–Crippen LogP) is 6.17. The van der Waals surface area contributed by atoms with Gasteiger partial charge in [-0.2, -0.15) is 0 Å². The van der Waals surface area contributed by atoms with Crippen LogP contribution in [0.2, 0.25) is 0 Å². The number of carbonyl (C=O) groups is 3. The van der Waals surface area contributed by atoms with Crippen molar-refractivity contribution in [1.82, 2.24) is 4.98 Å². The molecule has 2 heterocycles. The summed E-state index contributed by atoms with van der Waals surface area (Å²) in [5.74, 6) is -1.61. The van der Waals surface area contributed by atoms with Crippen LogP contribution in [0, 0.1) is 6.92 Å². The van der Waals surface area contributed by atoms with E-state index >= 15 is 0 Å². The van der Waals surface area contributed by atoms with Crippen molar-refractivity contribution in [1.29, 1.82) is 0 Å². The van der Waals surface area contributed by atoms with E-state index in [1.165, 1.54) is 12.0 Å². The predicted molar refractivity (Wildman–Crippen MR) is 150 cm³/mol. The normalized spacial score (nSPS) is 16.7. The molecule has 1 aliphatic rings. The van der Waals surface area contributed by atoms with E-state index in [1.54, 1.807) is 31.2 Å². The maximum atomic E-state index is 13.4. The summed E-state index contributed by atoms with van der Waals surface area (Å²) in [5.41, 5.74) is 2.44. The third-order valence-corrected chi connectivity index (χ3v) is 7.76. The maximum absolute atomic E-state index is 13.4. The first-order valence-electron chi connectivity index (χ1n) is 12.9. The van der Waals surface area contributed by atoms with Gasteiger partial charge in [-0.1, -0.05) is 62.8 Å². The summed E-state index contributed by atoms with van der Waals surface area (Å²) in [6.07, 6.45) is 1.94. The molecule has 0 bridgehead atoms. The first-order chi connectivity index (χ1) is 18.7. The van der Waals surface area contributed by atoms with Crippen LogP contribution in [0.5, 0.6) is 5.75 Å². The molecule has 204 valence electrons. The van der Waals surface area contributed by atoms with E-state index < -0.39 is 23.7 Å². The van der Waals surface area contributed by atoms with E-state index in [1.807, 2.05) is 24.3 Å². The number of ether oxygens (including phenoxy) is 2. The number of hydrogen-bond donors (Lipinski definition) is 1. The third-order valence-electron chi connectivity index (χ3n) is 6.62. The van der Waals surface area contributed by atoms with Gasteiger partial charge in [0.2, 0.25) is 0 Å². The minimum absolute atomic E-state index is 0.0515. The molecule has 1 N–H and O–H groups in total. The highest BCUT2D eigenvalue weighted by atomic mass is 32.1. The Morgan fingerprint density at radius 1 is 1.10 bits per heavy atom. The Balaban J connectivity index is 1.83. The molecule has 9 heteroatoms. The van der Waals surface area contributed by atoms with Gasteiger partial charge in [0, 0.05) is 5.56 Å². The van der Waals surface area contributed by atoms with Crippen molar-refractivity contribution in [3.05, 3.63) is 81.4 Å². The number of aryl methyl sites for hydroxylation is 1. The number of methoxy groups -OCH3 is 1. The highest BCUT2D eigenvalue weighted by molar-refractivity contribution is 7.17. The van der Waals surface area contributed by atoms with Crippen LogP contribution in [-0.4, -0.2) is 41.5 Å². The van der Waals surface area contributed by atoms with Crippen LogP contribution in [-0.2, 0) is 14.3 Å². The van der Waals surface area contributed by atoms with Crippen molar-refractivity contribution in [3.63, 3.8) is 0 Å². The molecule has 0 radical (unpaired) electrons. The fraction of sp³-hybridized carbons (Fsp3) is 0.333. The zero-order valence-corrected chi connectivity index (χ0v) is 23.5. The van der Waals surface area contributed by atoms with Gasteiger partial charge in [-0.3, -0.25) is 14.5 Å². The number of anilines is 1. The largest absolute Gasteiger partial charge is 0.507 e. The molecule has 1 amide bonds. The van der Waals surface area contributed by atoms with E-state index in [0.717, 1.165) is 29.7 Å². The Bertz CT molecular complexity index is 1410. The van der Waals surface area contributed by atoms with E-state index in [9.17, 15) is 19.5 Å². The lowest BCUT2D eigenvalue weighted by atomic mass is 9.93. The Kier molecular flexibility index (Phi) is 8.50. The average molecular weight is 549 g/mol. The monoisotopic (exact) mass is 548 g/mol. The lowest BCUT2D eigenvalue weighted by Gasteiger charge is -2.23. The van der Waals surface area contributed by atoms with Crippen LogP contribution in [0.25, 0.3) is 5.76 Å². The summed E-state index contributed by atoms with van der Waals surface area (Å²) in [4.78, 5) is 45.0. The molecule has 0 spiro atoms. The number of nitrogens with zero attached hydrogens (tertiary/aromatic N) is 2. The number of aliphatic hydroxyl groups excluding tert-OH is 1. The number of ketones is 1. The lowest BCUT2D eigenvalue weighted by molar-refractivity contribution is -0.132. The molecule has 39 heavy (non-hydrogen) atoms. The second-order valence-corrected chi connectivity index (χ2v) is 10.6. The zero-order chi connectivity index (χ0) is 28.3. The average Bonchev–Trinajstić information content (AvgIpc) is 3.44. The molecule has 8 nitrogen and oxygen atoms in total. The summed E-state index contributed by atoms with van der Waals surface area (Å²) in [5, 5.41) is 11.6. The molecule has 1 aromatic heterocycles. The number of benzene rings is 2. The molecule has 2 aromatic carbocycles. The summed E-state index contributed by atoms with van der Waals surface area (Å²) in [6.45, 7) is 8.45. The van der Waals surface area contributed by atoms with Gasteiger partial charge in [0.1, 0.15) is 16.4 Å². The molecule has 0 saturated carbocycles. The molecular formula is C30H32N2O6S. The summed E-state index contributed by atoms with van der Waals surface area (Å²) in [7, 11) is 1.27. The summed E-state index contributed by atoms with van der Waals surface area (Å²) >= 11 is 0.969. The number of unbranched alkanes of at least 4 members (excludes halogenated alkanes) is 1. The highest BCUT2D eigenvalue weighted by Gasteiger charge is 2.48. The second kappa shape index (κ2) is 11.8. The van der Waals surface area contributed by atoms with Gasteiger partial charge in [-0.25, -0.2) is 9.78 Å². The molecule has 1 fully saturated rings. The van der Waals surface area contributed by atoms with Gasteiger partial charge >= 0.3 is 11.9 Å². The van der Waals surface area contributed by atoms with Crippen LogP contribution >= 0.6 is 11.3 Å². The second-order valence-electron chi connectivity index (χ2n) is 9.62. The minimum Gasteiger partial charge on any atom is -0.507 e. The van der Waals surface area contributed by atoms with Crippen LogP contribution in [0.3, 0.4) is 0 Å². The van der Waals surface area contributed by atoms with Gasteiger partial charge < -0.3 is 14.6 Å². The summed E-state index contributed by atoms with van der Waals surface area (Å²) < 4.78 is 10.6. The number of carbonyl (C=O) groups excluding carboxylic acids is 3. The molecular weight excluding hydrogens is 516 g/mol. The van der Waals surface area contributed by atoms with Crippen molar-refractivity contribution >= 4 is 39.9 Å². The summed E-state index contributed by atoms with van der Waals surface area (Å²) in [6, 6.07) is 13.4. The number of thiazole rings is 1. The first kappa shape index (κ1) is 28.0. The molecule has 1 saturated heterocycles. The quantitative estimate of drug-likeness (QED) is 0.112. The van der Waals surface area contributed by atoms with Crippen LogP contribution in [0.4, 0.5) is 5.13 Å². The Labute approximate surface area is 231 Å². The number of amides is 1. The first-order valence-corrected chi connectivity index (χ1v) is 13.7. The third kappa shape index (κ3) is 5.59. The molecule has 1 unspecified atom stereocenters. The number of Topliss-reactive ketones (excluding diaryl/α,β-unsaturated/α-hetero) is 1. The van der Waals surface area contributed by atoms with Crippen LogP contribution in [0.1, 0.15) is 77.6 Å². The van der Waals surface area contributed by atoms with Gasteiger partial charge in [0.25, 0.3) is 5.78 Å². The van der Waals surface area contributed by atoms with Gasteiger partial charge in [-0.05, 0) is 54.7 Å². The maximum Gasteiger partial charge on any atom is 0.350 e. The number of rotatable bonds is 9. The van der Waals surface area contributed by atoms with E-state index in [2.05, 4.69) is 25.8 Å². The van der Waals surface area contributed by atoms with Crippen molar-refractivity contribution in [3.8, 4) is 5.75 Å². The smallest absolute Gasteiger partial charge is 0.350 e. The molecule has 3 aromatic rings. The standard InChI is InChI=1S/C30H32N2O6S/c1-6-7-16-38-22-14-12-21(13-15-22)25(33)23-24(20-10-8-19(9-11-20)17(2)3)32(28(35)26(23)34)30-31-18(4)27(39-30)29(36)37-5/h8-15,17,24,33H,6-7,16H2,1-5H3/b25-23+. The molecule has 1 aliphatic heterocycles. The number of esters is 1. The molecule has 4 rings (SSSR count). The van der Waals surface area contributed by atoms with E-state index in [4.69, 9.17) is 9.47 Å². The van der Waals surface area contributed by atoms with Crippen LogP contribution < -0.4 is 9.64 Å². The lowest BCUT2D eigenvalue weighted by Crippen LogP contribution is -2.29. The Hall–Kier alpha value is -3.98. The van der Waals surface area contributed by atoms with Crippen molar-refractivity contribution in [2.24, 2.45) is 0 Å². The highest BCUT2D eigenvalue weighted by Crippen LogP contribution is 2.44. The topological polar surface area (TPSA) is 106 Å². The van der Waals surface area contributed by atoms with E-state index in [0.29, 0.717) is 29.2 Å². The van der Waals surface area contributed by atoms with Crippen molar-refractivity contribution in [2.45, 2.75) is 52.5 Å². The van der Waals surface area contributed by atoms with Crippen LogP contribution in [0.15, 0.2) is 54.1 Å². The zero-order valence-electron chi connectivity index (χ0n) is 22.7. The van der Waals surface area contributed by atoms with Gasteiger partial charge in [0.15, 0.2) is 5.13 Å². The minimum atomic E-state index is -0.942. The number of aromatic nitrogens is 1. The number of hydrogen-bond acceptors (Lipinski definition) is 8. The number of aliphatic hydroxyl groups is 1. The fourth-order valence-corrected chi connectivity index (χ4v) is 5.39. The Morgan fingerprint density at radius 2 is 1.77 bits per heavy atom. The Morgan fingerprint density at radius 3 is 2.36 bits per heavy atom. The van der Waals surface area contributed by atoms with Crippen molar-refractivity contribution in [2.75, 3.05) is 18.6 Å². The van der Waals surface area contributed by atoms with Crippen molar-refractivity contribution < 1.29 is 29.0 Å². The van der Waals surface area contributed by atoms with Gasteiger partial charge in [-0.15, -0.1) is 0 Å². The molecule has 0 aliphatic carbocycles. The van der Waals surface area contributed by atoms with E-state index in [-0.39, 0.29) is 27.3 Å². The SMILES string of the molecule is CCCCOc1ccc(/C(O)=C2\C(=O)C(=O)N(c3nc(C)c(C(=O)OC)s3)C2c2ccc(C(C)C)cc2)cc1. The molecule has 1 atom stereocenters.